The Hall–Kier alpha value is -3.04. The highest BCUT2D eigenvalue weighted by Gasteiger charge is 2.44. The number of rotatable bonds is 9. The van der Waals surface area contributed by atoms with Gasteiger partial charge in [-0.15, -0.1) is 11.3 Å². The smallest absolute Gasteiger partial charge is 0.262 e. The van der Waals surface area contributed by atoms with Crippen LogP contribution in [0.4, 0.5) is 5.00 Å². The van der Waals surface area contributed by atoms with E-state index >= 15 is 0 Å². The minimum Gasteiger partial charge on any atom is -0.385 e. The van der Waals surface area contributed by atoms with Gasteiger partial charge >= 0.3 is 0 Å². The van der Waals surface area contributed by atoms with Gasteiger partial charge in [-0.1, -0.05) is 26.0 Å². The zero-order valence-corrected chi connectivity index (χ0v) is 21.1. The van der Waals surface area contributed by atoms with Crippen LogP contribution in [0.25, 0.3) is 0 Å². The first-order chi connectivity index (χ1) is 16.8. The van der Waals surface area contributed by atoms with Crippen LogP contribution in [-0.2, 0) is 22.4 Å². The number of hydrogen-bond donors (Lipinski definition) is 2. The van der Waals surface area contributed by atoms with Crippen molar-refractivity contribution in [1.82, 2.24) is 10.2 Å². The van der Waals surface area contributed by atoms with Gasteiger partial charge in [0.05, 0.1) is 16.7 Å². The van der Waals surface area contributed by atoms with Gasteiger partial charge in [0.25, 0.3) is 17.7 Å². The summed E-state index contributed by atoms with van der Waals surface area (Å²) in [5, 5.41) is 6.34. The molecule has 1 aromatic carbocycles. The quantitative estimate of drug-likeness (QED) is 0.406. The molecule has 1 aliphatic heterocycles. The number of carbonyl (C=O) groups is 4. The lowest BCUT2D eigenvalue weighted by Crippen LogP contribution is -2.50. The summed E-state index contributed by atoms with van der Waals surface area (Å²) in [4.78, 5) is 55.0. The minimum absolute atomic E-state index is 0.224. The van der Waals surface area contributed by atoms with Crippen LogP contribution in [0.2, 0.25) is 0 Å². The maximum atomic E-state index is 13.6. The van der Waals surface area contributed by atoms with Crippen molar-refractivity contribution >= 4 is 40.0 Å². The van der Waals surface area contributed by atoms with Crippen LogP contribution in [0.1, 0.15) is 74.6 Å². The number of anilines is 1. The molecule has 4 amide bonds. The monoisotopic (exact) mass is 497 g/mol. The molecule has 9 heteroatoms. The van der Waals surface area contributed by atoms with E-state index in [2.05, 4.69) is 10.6 Å². The topological polar surface area (TPSA) is 105 Å². The van der Waals surface area contributed by atoms with Gasteiger partial charge in [-0.2, -0.15) is 0 Å². The molecule has 2 heterocycles. The van der Waals surface area contributed by atoms with Gasteiger partial charge in [-0.25, -0.2) is 0 Å². The van der Waals surface area contributed by atoms with E-state index in [1.54, 1.807) is 45.2 Å². The van der Waals surface area contributed by atoms with Crippen LogP contribution in [0, 0.1) is 5.92 Å². The van der Waals surface area contributed by atoms with Crippen molar-refractivity contribution in [1.29, 1.82) is 0 Å². The molecule has 4 rings (SSSR count). The number of nitrogens with one attached hydrogen (secondary N) is 2. The number of benzene rings is 1. The number of ether oxygens (including phenoxy) is 1. The number of thiophene rings is 1. The van der Waals surface area contributed by atoms with E-state index in [0.717, 1.165) is 41.0 Å². The molecule has 186 valence electrons. The summed E-state index contributed by atoms with van der Waals surface area (Å²) >= 11 is 1.42. The van der Waals surface area contributed by atoms with Crippen LogP contribution in [0.15, 0.2) is 24.3 Å². The Labute approximate surface area is 209 Å². The Morgan fingerprint density at radius 1 is 1.09 bits per heavy atom. The summed E-state index contributed by atoms with van der Waals surface area (Å²) in [7, 11) is 1.62. The average molecular weight is 498 g/mol. The van der Waals surface area contributed by atoms with Crippen molar-refractivity contribution < 1.29 is 23.9 Å². The molecule has 0 bridgehead atoms. The van der Waals surface area contributed by atoms with Crippen molar-refractivity contribution in [3.05, 3.63) is 51.4 Å². The maximum absolute atomic E-state index is 13.6. The molecular formula is C26H31N3O5S. The van der Waals surface area contributed by atoms with Crippen LogP contribution in [0.5, 0.6) is 0 Å². The van der Waals surface area contributed by atoms with Gasteiger partial charge in [0.15, 0.2) is 0 Å². The standard InChI is InChI=1S/C26H31N3O5S/c1-15(2)21(29-25(32)16-9-4-5-10-17(16)26(29)33)23(31)28-24-20(22(30)27-13-8-14-34-3)18-11-6-7-12-19(18)35-24/h4-5,9-10,15,21H,6-8,11-14H2,1-3H3,(H,27,30)(H,28,31)/t21-/m0/s1. The number of imide groups is 1. The summed E-state index contributed by atoms with van der Waals surface area (Å²) in [6.07, 6.45) is 4.37. The summed E-state index contributed by atoms with van der Waals surface area (Å²) in [6.45, 7) is 4.61. The molecule has 1 atom stereocenters. The highest BCUT2D eigenvalue weighted by atomic mass is 32.1. The predicted octanol–water partition coefficient (Wildman–Crippen LogP) is 3.65. The van der Waals surface area contributed by atoms with Crippen molar-refractivity contribution in [3.63, 3.8) is 0 Å². The van der Waals surface area contributed by atoms with Crippen LogP contribution in [-0.4, -0.2) is 54.8 Å². The first kappa shape index (κ1) is 25.1. The van der Waals surface area contributed by atoms with E-state index in [4.69, 9.17) is 4.74 Å². The van der Waals surface area contributed by atoms with Crippen molar-refractivity contribution in [3.8, 4) is 0 Å². The largest absolute Gasteiger partial charge is 0.385 e. The fourth-order valence-electron chi connectivity index (χ4n) is 4.77. The number of nitrogens with zero attached hydrogens (tertiary/aromatic N) is 1. The normalized spacial score (nSPS) is 15.7. The number of methoxy groups -OCH3 is 1. The average Bonchev–Trinajstić information content (AvgIpc) is 3.32. The lowest BCUT2D eigenvalue weighted by Gasteiger charge is -2.28. The molecule has 0 unspecified atom stereocenters. The van der Waals surface area contributed by atoms with E-state index in [0.29, 0.717) is 41.3 Å². The first-order valence-corrected chi connectivity index (χ1v) is 12.9. The highest BCUT2D eigenvalue weighted by Crippen LogP contribution is 2.39. The van der Waals surface area contributed by atoms with Gasteiger partial charge in [0.1, 0.15) is 11.0 Å². The van der Waals surface area contributed by atoms with Crippen LogP contribution < -0.4 is 10.6 Å². The molecule has 8 nitrogen and oxygen atoms in total. The third kappa shape index (κ3) is 4.88. The molecule has 2 aromatic rings. The molecule has 0 spiro atoms. The SMILES string of the molecule is COCCCNC(=O)c1c(NC(=O)[C@H](C(C)C)N2C(=O)c3ccccc3C2=O)sc2c1CCCC2. The lowest BCUT2D eigenvalue weighted by atomic mass is 9.95. The molecule has 2 aliphatic rings. The third-order valence-corrected chi connectivity index (χ3v) is 7.66. The molecule has 0 saturated carbocycles. The Kier molecular flexibility index (Phi) is 7.66. The summed E-state index contributed by atoms with van der Waals surface area (Å²) in [5.74, 6) is -1.96. The van der Waals surface area contributed by atoms with E-state index in [9.17, 15) is 19.2 Å². The van der Waals surface area contributed by atoms with Crippen LogP contribution in [0.3, 0.4) is 0 Å². The van der Waals surface area contributed by atoms with Crippen molar-refractivity contribution in [2.75, 3.05) is 25.6 Å². The Morgan fingerprint density at radius 3 is 2.37 bits per heavy atom. The van der Waals surface area contributed by atoms with Gasteiger partial charge in [0.2, 0.25) is 5.91 Å². The van der Waals surface area contributed by atoms with Crippen LogP contribution >= 0.6 is 11.3 Å². The molecule has 0 radical (unpaired) electrons. The van der Waals surface area contributed by atoms with Crippen molar-refractivity contribution in [2.24, 2.45) is 5.92 Å². The minimum atomic E-state index is -1.00. The second-order valence-electron chi connectivity index (χ2n) is 9.22. The van der Waals surface area contributed by atoms with E-state index in [-0.39, 0.29) is 11.8 Å². The third-order valence-electron chi connectivity index (χ3n) is 6.45. The zero-order valence-electron chi connectivity index (χ0n) is 20.3. The number of amides is 4. The van der Waals surface area contributed by atoms with E-state index in [1.807, 2.05) is 0 Å². The number of fused-ring (bicyclic) bond motifs is 2. The van der Waals surface area contributed by atoms with E-state index in [1.165, 1.54) is 11.3 Å². The molecule has 1 aromatic heterocycles. The summed E-state index contributed by atoms with van der Waals surface area (Å²) in [6, 6.07) is 5.60. The Morgan fingerprint density at radius 2 is 1.74 bits per heavy atom. The summed E-state index contributed by atoms with van der Waals surface area (Å²) in [5.41, 5.74) is 2.10. The molecule has 0 fully saturated rings. The Bertz CT molecular complexity index is 1120. The lowest BCUT2D eigenvalue weighted by molar-refractivity contribution is -0.121. The molecule has 2 N–H and O–H groups in total. The second-order valence-corrected chi connectivity index (χ2v) is 10.3. The fraction of sp³-hybridized carbons (Fsp3) is 0.462. The number of hydrogen-bond acceptors (Lipinski definition) is 6. The van der Waals surface area contributed by atoms with Gasteiger partial charge in [-0.3, -0.25) is 24.1 Å². The fourth-order valence-corrected chi connectivity index (χ4v) is 6.06. The molecule has 0 saturated heterocycles. The second kappa shape index (κ2) is 10.7. The van der Waals surface area contributed by atoms with Gasteiger partial charge in [0, 0.05) is 25.1 Å². The summed E-state index contributed by atoms with van der Waals surface area (Å²) < 4.78 is 5.05. The van der Waals surface area contributed by atoms with Gasteiger partial charge in [-0.05, 0) is 55.7 Å². The van der Waals surface area contributed by atoms with Crippen molar-refractivity contribution in [2.45, 2.75) is 52.0 Å². The highest BCUT2D eigenvalue weighted by molar-refractivity contribution is 7.17. The maximum Gasteiger partial charge on any atom is 0.262 e. The number of aryl methyl sites for hydroxylation is 1. The molecule has 1 aliphatic carbocycles. The predicted molar refractivity (Wildman–Crippen MR) is 134 cm³/mol. The number of carbonyl (C=O) groups excluding carboxylic acids is 4. The Balaban J connectivity index is 1.61. The zero-order chi connectivity index (χ0) is 25.1. The first-order valence-electron chi connectivity index (χ1n) is 12.0. The van der Waals surface area contributed by atoms with Gasteiger partial charge < -0.3 is 15.4 Å². The molecular weight excluding hydrogens is 466 g/mol. The molecule has 35 heavy (non-hydrogen) atoms. The van der Waals surface area contributed by atoms with E-state index < -0.39 is 23.8 Å².